The Morgan fingerprint density at radius 3 is 1.92 bits per heavy atom. The SMILES string of the molecule is Cc1c2c3c(=O)n(C)c(=O)nc-3n(C)c1CCCCCCCCCCC2. The van der Waals surface area contributed by atoms with Gasteiger partial charge in [0, 0.05) is 19.8 Å². The minimum Gasteiger partial charge on any atom is -0.332 e. The maximum Gasteiger partial charge on any atom is 0.352 e. The lowest BCUT2D eigenvalue weighted by atomic mass is 9.92. The maximum atomic E-state index is 12.9. The van der Waals surface area contributed by atoms with E-state index in [1.165, 1.54) is 63.3 Å². The summed E-state index contributed by atoms with van der Waals surface area (Å²) in [6, 6.07) is 0. The van der Waals surface area contributed by atoms with Crippen molar-refractivity contribution < 1.29 is 0 Å². The fourth-order valence-corrected chi connectivity index (χ4v) is 4.32. The number of hydrogen-bond acceptors (Lipinski definition) is 3. The first-order valence-corrected chi connectivity index (χ1v) is 10.1. The molecule has 0 spiro atoms. The van der Waals surface area contributed by atoms with Crippen LogP contribution in [0.1, 0.15) is 74.6 Å². The molecule has 2 bridgehead atoms. The van der Waals surface area contributed by atoms with Crippen LogP contribution in [0, 0.1) is 6.92 Å². The van der Waals surface area contributed by atoms with Gasteiger partial charge in [-0.05, 0) is 43.7 Å². The van der Waals surface area contributed by atoms with Crippen LogP contribution in [0.2, 0.25) is 0 Å². The van der Waals surface area contributed by atoms with E-state index in [4.69, 9.17) is 0 Å². The smallest absolute Gasteiger partial charge is 0.332 e. The summed E-state index contributed by atoms with van der Waals surface area (Å²) in [6.07, 6.45) is 13.1. The van der Waals surface area contributed by atoms with E-state index in [2.05, 4.69) is 11.9 Å². The lowest BCUT2D eigenvalue weighted by molar-refractivity contribution is 0.549. The van der Waals surface area contributed by atoms with Gasteiger partial charge in [0.2, 0.25) is 0 Å². The third kappa shape index (κ3) is 3.62. The standard InChI is InChI=1S/C21H31N3O2/c1-15-16-13-11-9-7-5-4-6-8-10-12-14-17(15)23(2)19-18(16)20(25)24(3)21(26)22-19/h4-14H2,1-3H3. The highest BCUT2D eigenvalue weighted by Gasteiger charge is 2.24. The predicted octanol–water partition coefficient (Wildman–Crippen LogP) is 3.50. The van der Waals surface area contributed by atoms with E-state index in [0.29, 0.717) is 11.4 Å². The van der Waals surface area contributed by atoms with Crippen LogP contribution >= 0.6 is 0 Å². The van der Waals surface area contributed by atoms with Gasteiger partial charge >= 0.3 is 5.69 Å². The van der Waals surface area contributed by atoms with E-state index in [-0.39, 0.29) is 5.56 Å². The van der Waals surface area contributed by atoms with Crippen molar-refractivity contribution in [3.63, 3.8) is 0 Å². The third-order valence-electron chi connectivity index (χ3n) is 5.98. The Morgan fingerprint density at radius 2 is 1.31 bits per heavy atom. The van der Waals surface area contributed by atoms with Gasteiger partial charge in [-0.2, -0.15) is 4.98 Å². The number of aromatic nitrogens is 3. The molecule has 5 heteroatoms. The minimum atomic E-state index is -0.465. The van der Waals surface area contributed by atoms with Crippen molar-refractivity contribution in [3.05, 3.63) is 37.7 Å². The molecule has 142 valence electrons. The second-order valence-corrected chi connectivity index (χ2v) is 7.75. The molecule has 0 aromatic carbocycles. The maximum absolute atomic E-state index is 12.9. The Labute approximate surface area is 155 Å². The van der Waals surface area contributed by atoms with Crippen molar-refractivity contribution in [1.82, 2.24) is 14.1 Å². The van der Waals surface area contributed by atoms with Crippen molar-refractivity contribution in [2.45, 2.75) is 77.6 Å². The average molecular weight is 357 g/mol. The molecular formula is C21H31N3O2. The van der Waals surface area contributed by atoms with Crippen molar-refractivity contribution in [1.29, 1.82) is 0 Å². The minimum absolute atomic E-state index is 0.207. The monoisotopic (exact) mass is 357 g/mol. The Morgan fingerprint density at radius 1 is 0.769 bits per heavy atom. The molecule has 0 amide bonds. The third-order valence-corrected chi connectivity index (χ3v) is 5.98. The number of hydrogen-bond donors (Lipinski definition) is 0. The molecule has 2 aliphatic heterocycles. The van der Waals surface area contributed by atoms with E-state index >= 15 is 0 Å². The molecule has 0 fully saturated rings. The van der Waals surface area contributed by atoms with Gasteiger partial charge in [0.15, 0.2) is 5.82 Å². The van der Waals surface area contributed by atoms with Crippen molar-refractivity contribution in [3.8, 4) is 11.4 Å². The lowest BCUT2D eigenvalue weighted by Crippen LogP contribution is -2.37. The second-order valence-electron chi connectivity index (χ2n) is 7.75. The summed E-state index contributed by atoms with van der Waals surface area (Å²) in [6.45, 7) is 2.14. The Balaban J connectivity index is 2.16. The first kappa shape index (κ1) is 18.9. The summed E-state index contributed by atoms with van der Waals surface area (Å²) in [4.78, 5) is 29.2. The van der Waals surface area contributed by atoms with Gasteiger partial charge in [-0.3, -0.25) is 9.36 Å². The van der Waals surface area contributed by atoms with Gasteiger partial charge in [-0.1, -0.05) is 44.9 Å². The summed E-state index contributed by atoms with van der Waals surface area (Å²) in [5.74, 6) is 0.556. The lowest BCUT2D eigenvalue weighted by Gasteiger charge is -2.23. The van der Waals surface area contributed by atoms with Gasteiger partial charge in [0.1, 0.15) is 0 Å². The Hall–Kier alpha value is -1.91. The zero-order valence-corrected chi connectivity index (χ0v) is 16.4. The topological polar surface area (TPSA) is 56.9 Å². The van der Waals surface area contributed by atoms with Gasteiger partial charge in [-0.25, -0.2) is 4.79 Å². The molecule has 1 aliphatic carbocycles. The van der Waals surface area contributed by atoms with Crippen LogP contribution in [0.15, 0.2) is 9.59 Å². The van der Waals surface area contributed by atoms with Crippen LogP contribution in [0.5, 0.6) is 0 Å². The number of pyridine rings is 1. The van der Waals surface area contributed by atoms with Crippen LogP contribution in [-0.4, -0.2) is 14.1 Å². The Kier molecular flexibility index (Phi) is 5.94. The average Bonchev–Trinajstić information content (AvgIpc) is 2.62. The molecule has 5 nitrogen and oxygen atoms in total. The van der Waals surface area contributed by atoms with E-state index in [0.717, 1.165) is 35.8 Å². The van der Waals surface area contributed by atoms with Crippen molar-refractivity contribution in [2.75, 3.05) is 0 Å². The molecule has 0 saturated carbocycles. The zero-order chi connectivity index (χ0) is 18.7. The van der Waals surface area contributed by atoms with E-state index in [1.54, 1.807) is 0 Å². The first-order valence-electron chi connectivity index (χ1n) is 10.1. The van der Waals surface area contributed by atoms with E-state index in [9.17, 15) is 9.59 Å². The highest BCUT2D eigenvalue weighted by molar-refractivity contribution is 5.64. The molecule has 2 heterocycles. The fraction of sp³-hybridized carbons (Fsp3) is 0.667. The number of rotatable bonds is 0. The van der Waals surface area contributed by atoms with Gasteiger partial charge in [0.25, 0.3) is 5.56 Å². The summed E-state index contributed by atoms with van der Waals surface area (Å²) in [5.41, 5.74) is 3.52. The fourth-order valence-electron chi connectivity index (χ4n) is 4.32. The van der Waals surface area contributed by atoms with Crippen LogP contribution in [-0.2, 0) is 26.9 Å². The molecule has 0 aromatic heterocycles. The van der Waals surface area contributed by atoms with Crippen LogP contribution < -0.4 is 11.2 Å². The molecule has 0 unspecified atom stereocenters. The normalized spacial score (nSPS) is 17.2. The molecular weight excluding hydrogens is 326 g/mol. The molecule has 26 heavy (non-hydrogen) atoms. The summed E-state index contributed by atoms with van der Waals surface area (Å²) in [7, 11) is 3.47. The van der Waals surface area contributed by atoms with Gasteiger partial charge in [0.05, 0.1) is 5.56 Å². The molecule has 3 aliphatic rings. The van der Waals surface area contributed by atoms with Crippen molar-refractivity contribution in [2.24, 2.45) is 14.1 Å². The van der Waals surface area contributed by atoms with Crippen molar-refractivity contribution >= 4 is 0 Å². The highest BCUT2D eigenvalue weighted by Crippen LogP contribution is 2.29. The van der Waals surface area contributed by atoms with Crippen LogP contribution in [0.3, 0.4) is 0 Å². The number of nitrogens with zero attached hydrogens (tertiary/aromatic N) is 3. The predicted molar refractivity (Wildman–Crippen MR) is 105 cm³/mol. The van der Waals surface area contributed by atoms with E-state index < -0.39 is 5.69 Å². The van der Waals surface area contributed by atoms with E-state index in [1.807, 2.05) is 11.6 Å². The highest BCUT2D eigenvalue weighted by atomic mass is 16.2. The number of fused-ring (bicyclic) bond motifs is 4. The summed E-state index contributed by atoms with van der Waals surface area (Å²) >= 11 is 0. The molecule has 0 radical (unpaired) electrons. The molecule has 0 saturated heterocycles. The first-order chi connectivity index (χ1) is 12.5. The zero-order valence-electron chi connectivity index (χ0n) is 16.4. The molecule has 3 rings (SSSR count). The summed E-state index contributed by atoms with van der Waals surface area (Å²) in [5, 5.41) is 0. The molecule has 0 aromatic rings. The Bertz CT molecular complexity index is 863. The summed E-state index contributed by atoms with van der Waals surface area (Å²) < 4.78 is 3.13. The molecule has 0 N–H and O–H groups in total. The van der Waals surface area contributed by atoms with Gasteiger partial charge in [-0.15, -0.1) is 0 Å². The van der Waals surface area contributed by atoms with Crippen LogP contribution in [0.25, 0.3) is 11.4 Å². The quantitative estimate of drug-likeness (QED) is 0.725. The largest absolute Gasteiger partial charge is 0.352 e. The van der Waals surface area contributed by atoms with Gasteiger partial charge < -0.3 is 4.57 Å². The van der Waals surface area contributed by atoms with Crippen LogP contribution in [0.4, 0.5) is 0 Å². The second kappa shape index (κ2) is 8.19. The molecule has 0 atom stereocenters.